The zero-order chi connectivity index (χ0) is 22.1. The van der Waals surface area contributed by atoms with Gasteiger partial charge in [0.15, 0.2) is 0 Å². The zero-order valence-electron chi connectivity index (χ0n) is 17.6. The first-order valence-corrected chi connectivity index (χ1v) is 10.6. The highest BCUT2D eigenvalue weighted by Crippen LogP contribution is 2.69. The second kappa shape index (κ2) is 6.48. The molecule has 2 bridgehead atoms. The third-order valence-corrected chi connectivity index (χ3v) is 7.46. The SMILES string of the molecule is CC1(C)[C@H]2CC[C@]1(c1cccc(-n3cnnc3)n1)c1nnc(-c3c(F)cccc3F)cc12. The molecule has 0 radical (unpaired) electrons. The minimum absolute atomic E-state index is 0.134. The van der Waals surface area contributed by atoms with Crippen LogP contribution in [0.25, 0.3) is 17.1 Å². The van der Waals surface area contributed by atoms with Gasteiger partial charge in [0, 0.05) is 0 Å². The van der Waals surface area contributed by atoms with Crippen molar-refractivity contribution in [3.05, 3.63) is 83.7 Å². The van der Waals surface area contributed by atoms with E-state index in [-0.39, 0.29) is 22.6 Å². The molecule has 0 aliphatic heterocycles. The molecule has 3 aromatic heterocycles. The number of halogens is 2. The van der Waals surface area contributed by atoms with Gasteiger partial charge in [0.05, 0.1) is 28.1 Å². The van der Waals surface area contributed by atoms with E-state index in [4.69, 9.17) is 4.98 Å². The van der Waals surface area contributed by atoms with Crippen LogP contribution in [0, 0.1) is 17.0 Å². The first-order chi connectivity index (χ1) is 15.4. The van der Waals surface area contributed by atoms with Crippen LogP contribution in [0.4, 0.5) is 8.78 Å². The van der Waals surface area contributed by atoms with Gasteiger partial charge in [-0.25, -0.2) is 13.8 Å². The predicted molar refractivity (Wildman–Crippen MR) is 113 cm³/mol. The molecule has 0 spiro atoms. The Morgan fingerprint density at radius 1 is 0.969 bits per heavy atom. The molecule has 1 fully saturated rings. The van der Waals surface area contributed by atoms with Crippen LogP contribution < -0.4 is 0 Å². The Morgan fingerprint density at radius 3 is 2.44 bits per heavy atom. The molecule has 2 aliphatic carbocycles. The Morgan fingerprint density at radius 2 is 1.69 bits per heavy atom. The summed E-state index contributed by atoms with van der Waals surface area (Å²) in [5.74, 6) is -0.353. The number of nitrogens with zero attached hydrogens (tertiary/aromatic N) is 6. The number of pyridine rings is 1. The van der Waals surface area contributed by atoms with Crippen molar-refractivity contribution in [3.8, 4) is 17.1 Å². The summed E-state index contributed by atoms with van der Waals surface area (Å²) in [7, 11) is 0. The van der Waals surface area contributed by atoms with Crippen molar-refractivity contribution >= 4 is 0 Å². The number of aromatic nitrogens is 6. The number of benzene rings is 1. The van der Waals surface area contributed by atoms with Gasteiger partial charge in [-0.3, -0.25) is 4.57 Å². The molecule has 6 rings (SSSR count). The monoisotopic (exact) mass is 430 g/mol. The average Bonchev–Trinajstić information content (AvgIpc) is 3.45. The van der Waals surface area contributed by atoms with E-state index in [9.17, 15) is 8.78 Å². The molecule has 4 aromatic rings. The summed E-state index contributed by atoms with van der Waals surface area (Å²) in [6, 6.07) is 11.6. The van der Waals surface area contributed by atoms with E-state index in [0.717, 1.165) is 35.6 Å². The predicted octanol–water partition coefficient (Wildman–Crippen LogP) is 4.60. The Kier molecular flexibility index (Phi) is 3.88. The lowest BCUT2D eigenvalue weighted by atomic mass is 9.66. The van der Waals surface area contributed by atoms with Gasteiger partial charge in [0.25, 0.3) is 0 Å². The Bertz CT molecular complexity index is 1330. The van der Waals surface area contributed by atoms with Gasteiger partial charge in [0.2, 0.25) is 0 Å². The summed E-state index contributed by atoms with van der Waals surface area (Å²) in [5.41, 5.74) is 2.24. The van der Waals surface area contributed by atoms with Gasteiger partial charge in [0.1, 0.15) is 30.1 Å². The van der Waals surface area contributed by atoms with Crippen LogP contribution in [-0.2, 0) is 5.41 Å². The fraction of sp³-hybridized carbons (Fsp3) is 0.292. The maximum Gasteiger partial charge on any atom is 0.139 e. The number of rotatable bonds is 3. The lowest BCUT2D eigenvalue weighted by Crippen LogP contribution is -2.38. The highest BCUT2D eigenvalue weighted by Gasteiger charge is 2.65. The molecule has 6 nitrogen and oxygen atoms in total. The third-order valence-electron chi connectivity index (χ3n) is 7.46. The van der Waals surface area contributed by atoms with E-state index in [1.165, 1.54) is 18.2 Å². The van der Waals surface area contributed by atoms with Crippen LogP contribution in [0.3, 0.4) is 0 Å². The summed E-state index contributed by atoms with van der Waals surface area (Å²) in [4.78, 5) is 4.97. The maximum atomic E-state index is 14.4. The van der Waals surface area contributed by atoms with Crippen molar-refractivity contribution in [2.24, 2.45) is 5.41 Å². The highest BCUT2D eigenvalue weighted by atomic mass is 19.1. The quantitative estimate of drug-likeness (QED) is 0.475. The fourth-order valence-corrected chi connectivity index (χ4v) is 5.88. The van der Waals surface area contributed by atoms with Crippen molar-refractivity contribution in [3.63, 3.8) is 0 Å². The van der Waals surface area contributed by atoms with E-state index in [0.29, 0.717) is 0 Å². The van der Waals surface area contributed by atoms with Gasteiger partial charge >= 0.3 is 0 Å². The molecule has 2 aliphatic rings. The summed E-state index contributed by atoms with van der Waals surface area (Å²) >= 11 is 0. The molecule has 8 heteroatoms. The van der Waals surface area contributed by atoms with E-state index >= 15 is 0 Å². The van der Waals surface area contributed by atoms with E-state index < -0.39 is 17.0 Å². The zero-order valence-corrected chi connectivity index (χ0v) is 17.6. The first kappa shape index (κ1) is 19.2. The molecule has 0 saturated heterocycles. The van der Waals surface area contributed by atoms with Crippen molar-refractivity contribution < 1.29 is 8.78 Å². The van der Waals surface area contributed by atoms with E-state index in [1.807, 2.05) is 24.3 Å². The van der Waals surface area contributed by atoms with Gasteiger partial charge in [-0.15, -0.1) is 15.3 Å². The van der Waals surface area contributed by atoms with E-state index in [1.54, 1.807) is 17.2 Å². The summed E-state index contributed by atoms with van der Waals surface area (Å²) in [5, 5.41) is 16.6. The maximum absolute atomic E-state index is 14.4. The standard InChI is InChI=1S/C24H20F2N6/c1-23(2)15-9-10-24(23,19-7-4-8-20(29-19)32-12-27-28-13-32)22-14(15)11-18(30-31-22)21-16(25)5-3-6-17(21)26/h3-8,11-13,15H,9-10H2,1-2H3/t15-,24-/m0/s1. The number of fused-ring (bicyclic) bond motifs is 5. The smallest absolute Gasteiger partial charge is 0.139 e. The summed E-state index contributed by atoms with van der Waals surface area (Å²) in [6.45, 7) is 4.45. The largest absolute Gasteiger partial charge is 0.272 e. The molecule has 0 unspecified atom stereocenters. The van der Waals surface area contributed by atoms with Crippen LogP contribution in [0.2, 0.25) is 0 Å². The molecular formula is C24H20F2N6. The molecule has 160 valence electrons. The lowest BCUT2D eigenvalue weighted by Gasteiger charge is -2.37. The van der Waals surface area contributed by atoms with Crippen molar-refractivity contribution in [2.45, 2.75) is 38.0 Å². The summed E-state index contributed by atoms with van der Waals surface area (Å²) < 4.78 is 30.6. The second-order valence-electron chi connectivity index (χ2n) is 9.10. The van der Waals surface area contributed by atoms with Crippen molar-refractivity contribution in [1.29, 1.82) is 0 Å². The summed E-state index contributed by atoms with van der Waals surface area (Å²) in [6.07, 6.45) is 5.07. The fourth-order valence-electron chi connectivity index (χ4n) is 5.88. The van der Waals surface area contributed by atoms with Crippen LogP contribution in [0.15, 0.2) is 55.1 Å². The minimum atomic E-state index is -0.639. The molecule has 32 heavy (non-hydrogen) atoms. The molecule has 3 heterocycles. The van der Waals surface area contributed by atoms with E-state index in [2.05, 4.69) is 34.2 Å². The van der Waals surface area contributed by atoms with Gasteiger partial charge in [-0.05, 0) is 60.1 Å². The van der Waals surface area contributed by atoms with Gasteiger partial charge < -0.3 is 0 Å². The molecule has 1 saturated carbocycles. The number of hydrogen-bond donors (Lipinski definition) is 0. The third kappa shape index (κ3) is 2.35. The lowest BCUT2D eigenvalue weighted by molar-refractivity contribution is 0.243. The van der Waals surface area contributed by atoms with Crippen molar-refractivity contribution in [1.82, 2.24) is 29.9 Å². The molecular weight excluding hydrogens is 410 g/mol. The molecule has 1 aromatic carbocycles. The molecule has 2 atom stereocenters. The van der Waals surface area contributed by atoms with Gasteiger partial charge in [-0.2, -0.15) is 5.10 Å². The van der Waals surface area contributed by atoms with Crippen LogP contribution in [0.5, 0.6) is 0 Å². The average molecular weight is 430 g/mol. The van der Waals surface area contributed by atoms with Crippen LogP contribution in [0.1, 0.15) is 49.6 Å². The van der Waals surface area contributed by atoms with Gasteiger partial charge in [-0.1, -0.05) is 26.0 Å². The highest BCUT2D eigenvalue weighted by molar-refractivity contribution is 5.64. The van der Waals surface area contributed by atoms with Crippen LogP contribution >= 0.6 is 0 Å². The first-order valence-electron chi connectivity index (χ1n) is 10.6. The molecule has 0 amide bonds. The minimum Gasteiger partial charge on any atom is -0.272 e. The van der Waals surface area contributed by atoms with Crippen LogP contribution in [-0.4, -0.2) is 29.9 Å². The second-order valence-corrected chi connectivity index (χ2v) is 9.10. The van der Waals surface area contributed by atoms with Crippen molar-refractivity contribution in [2.75, 3.05) is 0 Å². The Hall–Kier alpha value is -3.55. The number of hydrogen-bond acceptors (Lipinski definition) is 5. The Labute approximate surface area is 183 Å². The molecule has 0 N–H and O–H groups in total. The Balaban J connectivity index is 1.54. The topological polar surface area (TPSA) is 69.4 Å². The normalized spacial score (nSPS) is 22.8.